The Bertz CT molecular complexity index is 1770. The van der Waals surface area contributed by atoms with Gasteiger partial charge < -0.3 is 40.5 Å². The molecule has 3 aromatic heterocycles. The van der Waals surface area contributed by atoms with Crippen molar-refractivity contribution >= 4 is 11.5 Å². The maximum absolute atomic E-state index is 11.8. The first-order valence-electron chi connectivity index (χ1n) is 14.1. The molecule has 15 nitrogen and oxygen atoms in total. The Hall–Kier alpha value is -6.22. The molecule has 16 heteroatoms. The number of nitriles is 1. The van der Waals surface area contributed by atoms with Crippen molar-refractivity contribution in [1.29, 1.82) is 5.26 Å². The summed E-state index contributed by atoms with van der Waals surface area (Å²) in [5.74, 6) is 0.190. The largest absolute Gasteiger partial charge is 3.00 e. The van der Waals surface area contributed by atoms with Crippen LogP contribution in [0.5, 0.6) is 5.75 Å². The molecule has 0 saturated carbocycles. The van der Waals surface area contributed by atoms with Gasteiger partial charge in [-0.1, -0.05) is 91.2 Å². The Morgan fingerprint density at radius 1 is 0.765 bits per heavy atom. The second-order valence-corrected chi connectivity index (χ2v) is 8.88. The molecule has 0 fully saturated rings. The summed E-state index contributed by atoms with van der Waals surface area (Å²) in [5, 5.41) is 48.6. The number of carbonyl (C=O) groups excluding carboxylic acids is 1. The van der Waals surface area contributed by atoms with Crippen molar-refractivity contribution < 1.29 is 62.1 Å². The molecule has 1 radical (unpaired) electrons. The monoisotopic (exact) mass is 843 g/mol. The van der Waals surface area contributed by atoms with Gasteiger partial charge in [0.05, 0.1) is 39.0 Å². The fraction of sp³-hybridized carbons (Fsp3) is 0.0571. The molecule has 2 aromatic carbocycles. The summed E-state index contributed by atoms with van der Waals surface area (Å²) in [6.07, 6.45) is 6.33. The van der Waals surface area contributed by atoms with Gasteiger partial charge in [-0.05, 0) is 35.9 Å². The van der Waals surface area contributed by atoms with Crippen molar-refractivity contribution in [2.45, 2.75) is 6.92 Å². The van der Waals surface area contributed by atoms with Crippen molar-refractivity contribution in [1.82, 2.24) is 15.0 Å². The smallest absolute Gasteiger partial charge is 0.872 e. The van der Waals surface area contributed by atoms with Gasteiger partial charge in [0.25, 0.3) is 0 Å². The minimum absolute atomic E-state index is 0. The third-order valence-electron chi connectivity index (χ3n) is 5.40. The summed E-state index contributed by atoms with van der Waals surface area (Å²) >= 11 is 0. The first kappa shape index (κ1) is 44.8. The first-order valence-corrected chi connectivity index (χ1v) is 14.1. The van der Waals surface area contributed by atoms with Crippen molar-refractivity contribution in [3.05, 3.63) is 182 Å². The van der Waals surface area contributed by atoms with Crippen LogP contribution in [0.25, 0.3) is 28.5 Å². The average Bonchev–Trinajstić information content (AvgIpc) is 3.12. The normalized spacial score (nSPS) is 9.22. The van der Waals surface area contributed by atoms with Crippen LogP contribution >= 0.6 is 0 Å². The fourth-order valence-corrected chi connectivity index (χ4v) is 3.53. The molecule has 0 N–H and O–H groups in total. The molecular formula is C35H29ErN6O9. The van der Waals surface area contributed by atoms with Crippen LogP contribution in [-0.2, 0) is 0 Å². The Balaban J connectivity index is 0.000000763. The van der Waals surface area contributed by atoms with Crippen LogP contribution in [0.4, 0.5) is 0 Å². The van der Waals surface area contributed by atoms with E-state index in [1.54, 1.807) is 73.1 Å². The van der Waals surface area contributed by atoms with Crippen LogP contribution in [0.2, 0.25) is 0 Å². The van der Waals surface area contributed by atoms with Crippen LogP contribution in [0.1, 0.15) is 22.8 Å². The van der Waals surface area contributed by atoms with Gasteiger partial charge in [0.1, 0.15) is 12.4 Å². The molecular weight excluding hydrogens is 816 g/mol. The van der Waals surface area contributed by atoms with Crippen LogP contribution in [-0.4, -0.2) is 37.5 Å². The second kappa shape index (κ2) is 26.7. The molecule has 0 spiro atoms. The summed E-state index contributed by atoms with van der Waals surface area (Å²) in [7, 11) is 0. The number of aromatic nitrogens is 3. The molecule has 0 amide bonds. The molecule has 3 heterocycles. The quantitative estimate of drug-likeness (QED) is 0.0429. The zero-order valence-corrected chi connectivity index (χ0v) is 28.6. The standard InChI is InChI=1S/C18H15N3O.C15H12O2.C2H3N.Er.2NO3/c1-2-11-22-14-12-17(15-7-3-5-9-19-15)21-18(13-14)16-8-4-6-10-20-16;16-14(12-7-3-1-4-8-12)11-15(17)13-9-5-2-6-10-13;1-2-3;;2*2-1(3)4/h2-10,12-13H,1,11H2;1-11,16H;1H3;;;/q;;;+3;2*-1/p-1/b;14-11-;;;;. The van der Waals surface area contributed by atoms with Gasteiger partial charge in [-0.15, -0.1) is 0 Å². The van der Waals surface area contributed by atoms with Crippen molar-refractivity contribution in [3.8, 4) is 34.6 Å². The molecule has 0 aliphatic heterocycles. The zero-order valence-electron chi connectivity index (χ0n) is 26.8. The predicted molar refractivity (Wildman–Crippen MR) is 184 cm³/mol. The van der Waals surface area contributed by atoms with Gasteiger partial charge in [-0.3, -0.25) is 14.8 Å². The Kier molecular flexibility index (Phi) is 23.4. The van der Waals surface area contributed by atoms with Gasteiger partial charge >= 0.3 is 37.3 Å². The van der Waals surface area contributed by atoms with E-state index in [1.165, 1.54) is 6.92 Å². The van der Waals surface area contributed by atoms with Crippen LogP contribution in [0, 0.1) is 79.3 Å². The third kappa shape index (κ3) is 20.0. The SMILES string of the molecule is C=CCOc1cc(-c2ccccn2)nc(-c2ccccn2)c1.CC#N.O=C(/C=C(\[O-])c1ccccc1)c1ccccc1.O=[N+]([O-])[O-].O=[N+]([O-])[O-].[Er+3]. The number of ketones is 1. The zero-order chi connectivity index (χ0) is 37.1. The number of ether oxygens (including phenoxy) is 1. The van der Waals surface area contributed by atoms with Gasteiger partial charge in [0, 0.05) is 37.0 Å². The van der Waals surface area contributed by atoms with Crippen LogP contribution < -0.4 is 9.84 Å². The van der Waals surface area contributed by atoms with Gasteiger partial charge in [-0.25, -0.2) is 4.98 Å². The molecule has 0 aliphatic carbocycles. The van der Waals surface area contributed by atoms with E-state index < -0.39 is 10.2 Å². The summed E-state index contributed by atoms with van der Waals surface area (Å²) in [6, 6.07) is 34.5. The predicted octanol–water partition coefficient (Wildman–Crippen LogP) is 6.09. The minimum atomic E-state index is -1.75. The second-order valence-electron chi connectivity index (χ2n) is 8.88. The average molecular weight is 845 g/mol. The topological polar surface area (TPSA) is 244 Å². The number of nitrogens with zero attached hydrogens (tertiary/aromatic N) is 6. The van der Waals surface area contributed by atoms with Crippen LogP contribution in [0.3, 0.4) is 0 Å². The molecule has 0 bridgehead atoms. The molecule has 51 heavy (non-hydrogen) atoms. The molecule has 5 aromatic rings. The van der Waals surface area contributed by atoms with Gasteiger partial charge in [0.2, 0.25) is 0 Å². The number of benzene rings is 2. The van der Waals surface area contributed by atoms with E-state index in [-0.39, 0.29) is 48.8 Å². The molecule has 0 atom stereocenters. The third-order valence-corrected chi connectivity index (χ3v) is 5.40. The van der Waals surface area contributed by atoms with E-state index in [9.17, 15) is 9.90 Å². The number of hydrogen-bond donors (Lipinski definition) is 0. The summed E-state index contributed by atoms with van der Waals surface area (Å²) in [4.78, 5) is 41.6. The van der Waals surface area contributed by atoms with Crippen molar-refractivity contribution in [3.63, 3.8) is 0 Å². The van der Waals surface area contributed by atoms with E-state index in [4.69, 9.17) is 40.6 Å². The van der Waals surface area contributed by atoms with Crippen LogP contribution in [0.15, 0.2) is 140 Å². The molecule has 0 saturated heterocycles. The van der Waals surface area contributed by atoms with Crippen molar-refractivity contribution in [2.24, 2.45) is 0 Å². The molecule has 0 unspecified atom stereocenters. The van der Waals surface area contributed by atoms with E-state index in [2.05, 4.69) is 21.5 Å². The van der Waals surface area contributed by atoms with Crippen molar-refractivity contribution in [2.75, 3.05) is 6.61 Å². The van der Waals surface area contributed by atoms with Gasteiger partial charge in [-0.2, -0.15) is 5.26 Å². The Morgan fingerprint density at radius 2 is 1.16 bits per heavy atom. The molecule has 265 valence electrons. The Morgan fingerprint density at radius 3 is 1.53 bits per heavy atom. The number of carbonyl (C=O) groups is 1. The number of pyridine rings is 3. The number of allylic oxidation sites excluding steroid dienone is 1. The van der Waals surface area contributed by atoms with E-state index in [0.29, 0.717) is 17.7 Å². The minimum Gasteiger partial charge on any atom is -0.872 e. The van der Waals surface area contributed by atoms with E-state index >= 15 is 0 Å². The molecule has 5 rings (SSSR count). The summed E-state index contributed by atoms with van der Waals surface area (Å²) in [6.45, 7) is 5.54. The summed E-state index contributed by atoms with van der Waals surface area (Å²) < 4.78 is 5.67. The maximum Gasteiger partial charge on any atom is 3.00 e. The number of rotatable bonds is 8. The fourth-order valence-electron chi connectivity index (χ4n) is 3.53. The number of hydrogen-bond acceptors (Lipinski definition) is 13. The van der Waals surface area contributed by atoms with E-state index in [0.717, 1.165) is 34.6 Å². The first-order chi connectivity index (χ1) is 24.0. The maximum atomic E-state index is 11.8. The molecule has 0 aliphatic rings. The van der Waals surface area contributed by atoms with E-state index in [1.807, 2.05) is 60.7 Å². The Labute approximate surface area is 322 Å². The summed E-state index contributed by atoms with van der Waals surface area (Å²) in [5.41, 5.74) is 4.15. The van der Waals surface area contributed by atoms with Gasteiger partial charge in [0.15, 0.2) is 5.78 Å².